The van der Waals surface area contributed by atoms with E-state index in [1.807, 2.05) is 27.1 Å². The molecule has 7 nitrogen and oxygen atoms in total. The molecule has 2 rings (SSSR count). The number of aryl methyl sites for hydroxylation is 1. The van der Waals surface area contributed by atoms with Gasteiger partial charge in [0.1, 0.15) is 5.76 Å². The zero-order valence-electron chi connectivity index (χ0n) is 10.3. The van der Waals surface area contributed by atoms with Gasteiger partial charge in [0.05, 0.1) is 11.2 Å². The van der Waals surface area contributed by atoms with Gasteiger partial charge in [0, 0.05) is 14.1 Å². The van der Waals surface area contributed by atoms with Crippen molar-refractivity contribution in [3.05, 3.63) is 18.1 Å². The van der Waals surface area contributed by atoms with E-state index in [-0.39, 0.29) is 0 Å². The van der Waals surface area contributed by atoms with Crippen molar-refractivity contribution in [2.24, 2.45) is 5.84 Å². The number of furan rings is 1. The minimum Gasteiger partial charge on any atom is -0.468 e. The molecule has 96 valence electrons. The Balaban J connectivity index is 2.32. The van der Waals surface area contributed by atoms with Crippen LogP contribution in [0.25, 0.3) is 0 Å². The van der Waals surface area contributed by atoms with Crippen LogP contribution in [0.2, 0.25) is 0 Å². The maximum absolute atomic E-state index is 5.34. The third kappa shape index (κ3) is 2.71. The molecule has 2 aromatic heterocycles. The van der Waals surface area contributed by atoms with E-state index in [2.05, 4.69) is 20.4 Å². The highest BCUT2D eigenvalue weighted by molar-refractivity contribution is 7.99. The fraction of sp³-hybridized carbons (Fsp3) is 0.300. The number of rotatable bonds is 4. The molecule has 0 amide bonds. The first-order valence-electron chi connectivity index (χ1n) is 5.22. The molecule has 2 aromatic rings. The quantitative estimate of drug-likeness (QED) is 0.631. The molecular formula is C10H14N6OS. The SMILES string of the molecule is Cc1occc1Sc1nc(NN)nc(N(C)C)n1. The Bertz CT molecular complexity index is 541. The van der Waals surface area contributed by atoms with Crippen molar-refractivity contribution in [1.82, 2.24) is 15.0 Å². The summed E-state index contributed by atoms with van der Waals surface area (Å²) in [6.45, 7) is 1.89. The standard InChI is InChI=1S/C10H14N6OS/c1-6-7(4-5-17-6)18-10-13-8(15-11)12-9(14-10)16(2)3/h4-5H,11H2,1-3H3,(H,12,13,14,15). The van der Waals surface area contributed by atoms with E-state index in [1.165, 1.54) is 11.8 Å². The molecule has 8 heteroatoms. The first kappa shape index (κ1) is 12.7. The van der Waals surface area contributed by atoms with Crippen LogP contribution in [0.15, 0.2) is 26.8 Å². The van der Waals surface area contributed by atoms with Crippen molar-refractivity contribution in [3.63, 3.8) is 0 Å². The van der Waals surface area contributed by atoms with Gasteiger partial charge in [-0.2, -0.15) is 15.0 Å². The minimum absolute atomic E-state index is 0.331. The second-order valence-corrected chi connectivity index (χ2v) is 4.73. The fourth-order valence-electron chi connectivity index (χ4n) is 1.23. The molecule has 0 aliphatic heterocycles. The van der Waals surface area contributed by atoms with Crippen molar-refractivity contribution >= 4 is 23.7 Å². The van der Waals surface area contributed by atoms with Gasteiger partial charge in [-0.1, -0.05) is 0 Å². The zero-order chi connectivity index (χ0) is 13.1. The lowest BCUT2D eigenvalue weighted by molar-refractivity contribution is 0.527. The summed E-state index contributed by atoms with van der Waals surface area (Å²) in [6, 6.07) is 1.87. The first-order chi connectivity index (χ1) is 8.60. The van der Waals surface area contributed by atoms with Crippen molar-refractivity contribution in [2.45, 2.75) is 17.0 Å². The van der Waals surface area contributed by atoms with Crippen LogP contribution in [0.5, 0.6) is 0 Å². The smallest absolute Gasteiger partial charge is 0.242 e. The van der Waals surface area contributed by atoms with E-state index in [1.54, 1.807) is 11.2 Å². The summed E-state index contributed by atoms with van der Waals surface area (Å²) in [4.78, 5) is 15.4. The Kier molecular flexibility index (Phi) is 3.68. The van der Waals surface area contributed by atoms with Crippen LogP contribution in [0, 0.1) is 6.92 Å². The molecule has 18 heavy (non-hydrogen) atoms. The summed E-state index contributed by atoms with van der Waals surface area (Å²) in [5, 5.41) is 0.561. The van der Waals surface area contributed by atoms with E-state index in [9.17, 15) is 0 Å². The number of anilines is 2. The van der Waals surface area contributed by atoms with Gasteiger partial charge in [0.15, 0.2) is 5.16 Å². The Morgan fingerprint density at radius 2 is 2.11 bits per heavy atom. The average molecular weight is 266 g/mol. The zero-order valence-corrected chi connectivity index (χ0v) is 11.2. The molecule has 0 aliphatic rings. The average Bonchev–Trinajstić information content (AvgIpc) is 2.74. The third-order valence-electron chi connectivity index (χ3n) is 2.14. The largest absolute Gasteiger partial charge is 0.468 e. The molecule has 0 fully saturated rings. The Morgan fingerprint density at radius 1 is 1.33 bits per heavy atom. The molecule has 0 saturated carbocycles. The van der Waals surface area contributed by atoms with Gasteiger partial charge in [0.2, 0.25) is 11.9 Å². The Hall–Kier alpha value is -1.80. The number of nitrogen functional groups attached to an aromatic ring is 1. The highest BCUT2D eigenvalue weighted by Gasteiger charge is 2.11. The highest BCUT2D eigenvalue weighted by Crippen LogP contribution is 2.29. The first-order valence-corrected chi connectivity index (χ1v) is 6.03. The van der Waals surface area contributed by atoms with Gasteiger partial charge in [-0.25, -0.2) is 5.84 Å². The molecule has 0 unspecified atom stereocenters. The van der Waals surface area contributed by atoms with E-state index in [4.69, 9.17) is 10.3 Å². The number of nitrogens with one attached hydrogen (secondary N) is 1. The van der Waals surface area contributed by atoms with Crippen LogP contribution in [-0.2, 0) is 0 Å². The maximum atomic E-state index is 5.34. The molecule has 0 aliphatic carbocycles. The Labute approximate surface area is 109 Å². The predicted octanol–water partition coefficient (Wildman–Crippen LogP) is 1.28. The van der Waals surface area contributed by atoms with Gasteiger partial charge in [-0.05, 0) is 24.8 Å². The van der Waals surface area contributed by atoms with Crippen molar-refractivity contribution in [2.75, 3.05) is 24.4 Å². The van der Waals surface area contributed by atoms with Gasteiger partial charge < -0.3 is 9.32 Å². The summed E-state index contributed by atoms with van der Waals surface area (Å²) in [5.74, 6) is 7.04. The summed E-state index contributed by atoms with van der Waals surface area (Å²) in [5.41, 5.74) is 2.43. The number of hydrogen-bond donors (Lipinski definition) is 2. The minimum atomic E-state index is 0.331. The second kappa shape index (κ2) is 5.23. The maximum Gasteiger partial charge on any atom is 0.242 e. The molecule has 2 heterocycles. The Morgan fingerprint density at radius 3 is 2.67 bits per heavy atom. The number of hydrogen-bond acceptors (Lipinski definition) is 8. The summed E-state index contributed by atoms with van der Waals surface area (Å²) >= 11 is 1.40. The molecule has 0 atom stereocenters. The second-order valence-electron chi connectivity index (χ2n) is 3.72. The molecule has 0 aromatic carbocycles. The van der Waals surface area contributed by atoms with Crippen molar-refractivity contribution in [1.29, 1.82) is 0 Å². The summed E-state index contributed by atoms with van der Waals surface area (Å²) in [6.07, 6.45) is 1.63. The number of aromatic nitrogens is 3. The molecule has 3 N–H and O–H groups in total. The van der Waals surface area contributed by atoms with Crippen LogP contribution >= 0.6 is 11.8 Å². The van der Waals surface area contributed by atoms with Gasteiger partial charge in [-0.3, -0.25) is 5.43 Å². The monoisotopic (exact) mass is 266 g/mol. The fourth-order valence-corrected chi connectivity index (χ4v) is 2.01. The van der Waals surface area contributed by atoms with Crippen molar-refractivity contribution in [3.8, 4) is 0 Å². The van der Waals surface area contributed by atoms with E-state index in [0.29, 0.717) is 17.1 Å². The normalized spacial score (nSPS) is 10.4. The lowest BCUT2D eigenvalue weighted by atomic mass is 10.5. The number of hydrazine groups is 1. The lowest BCUT2D eigenvalue weighted by Crippen LogP contribution is -2.17. The van der Waals surface area contributed by atoms with Crippen LogP contribution in [0.1, 0.15) is 5.76 Å². The number of nitrogens with zero attached hydrogens (tertiary/aromatic N) is 4. The topological polar surface area (TPSA) is 93.1 Å². The molecular weight excluding hydrogens is 252 g/mol. The van der Waals surface area contributed by atoms with Gasteiger partial charge in [0.25, 0.3) is 0 Å². The van der Waals surface area contributed by atoms with Crippen LogP contribution < -0.4 is 16.2 Å². The highest BCUT2D eigenvalue weighted by atomic mass is 32.2. The van der Waals surface area contributed by atoms with Gasteiger partial charge >= 0.3 is 0 Å². The summed E-state index contributed by atoms with van der Waals surface area (Å²) in [7, 11) is 3.71. The molecule has 0 radical (unpaired) electrons. The van der Waals surface area contributed by atoms with Crippen LogP contribution in [0.3, 0.4) is 0 Å². The van der Waals surface area contributed by atoms with E-state index in [0.717, 1.165) is 10.7 Å². The molecule has 0 saturated heterocycles. The third-order valence-corrected chi connectivity index (χ3v) is 3.15. The lowest BCUT2D eigenvalue weighted by Gasteiger charge is -2.11. The van der Waals surface area contributed by atoms with Crippen LogP contribution in [0.4, 0.5) is 11.9 Å². The van der Waals surface area contributed by atoms with Gasteiger partial charge in [-0.15, -0.1) is 0 Å². The van der Waals surface area contributed by atoms with E-state index >= 15 is 0 Å². The predicted molar refractivity (Wildman–Crippen MR) is 69.5 cm³/mol. The number of nitrogens with two attached hydrogens (primary N) is 1. The van der Waals surface area contributed by atoms with E-state index < -0.39 is 0 Å². The molecule has 0 spiro atoms. The van der Waals surface area contributed by atoms with Crippen LogP contribution in [-0.4, -0.2) is 29.0 Å². The van der Waals surface area contributed by atoms with Crippen molar-refractivity contribution < 1.29 is 4.42 Å². The summed E-state index contributed by atoms with van der Waals surface area (Å²) < 4.78 is 5.23. The molecule has 0 bridgehead atoms.